The van der Waals surface area contributed by atoms with Crippen molar-refractivity contribution in [1.29, 1.82) is 0 Å². The van der Waals surface area contributed by atoms with Crippen LogP contribution in [0.1, 0.15) is 12.5 Å². The van der Waals surface area contributed by atoms with Crippen molar-refractivity contribution in [3.05, 3.63) is 42.0 Å². The SMILES string of the molecule is CCNc1ccc(N2CCN(S(=O)(=O)c3cccc(C)c3)CC2)nn1. The van der Waals surface area contributed by atoms with E-state index in [4.69, 9.17) is 0 Å². The van der Waals surface area contributed by atoms with E-state index in [0.29, 0.717) is 31.1 Å². The predicted molar refractivity (Wildman–Crippen MR) is 98.3 cm³/mol. The summed E-state index contributed by atoms with van der Waals surface area (Å²) in [5.41, 5.74) is 0.941. The summed E-state index contributed by atoms with van der Waals surface area (Å²) < 4.78 is 27.1. The number of aromatic nitrogens is 2. The fraction of sp³-hybridized carbons (Fsp3) is 0.412. The maximum absolute atomic E-state index is 12.8. The van der Waals surface area contributed by atoms with E-state index < -0.39 is 10.0 Å². The van der Waals surface area contributed by atoms with E-state index in [1.807, 2.05) is 32.0 Å². The third-order valence-corrected chi connectivity index (χ3v) is 6.09. The maximum Gasteiger partial charge on any atom is 0.243 e. The maximum atomic E-state index is 12.8. The van der Waals surface area contributed by atoms with Crippen LogP contribution in [0.3, 0.4) is 0 Å². The molecule has 134 valence electrons. The largest absolute Gasteiger partial charge is 0.369 e. The van der Waals surface area contributed by atoms with Crippen LogP contribution in [0.5, 0.6) is 0 Å². The van der Waals surface area contributed by atoms with Crippen LogP contribution in [0.25, 0.3) is 0 Å². The van der Waals surface area contributed by atoms with Gasteiger partial charge in [-0.3, -0.25) is 0 Å². The van der Waals surface area contributed by atoms with Gasteiger partial charge < -0.3 is 10.2 Å². The fourth-order valence-electron chi connectivity index (χ4n) is 2.85. The van der Waals surface area contributed by atoms with Crippen LogP contribution in [-0.2, 0) is 10.0 Å². The minimum atomic E-state index is -3.44. The molecule has 1 aliphatic heterocycles. The van der Waals surface area contributed by atoms with Crippen molar-refractivity contribution in [3.8, 4) is 0 Å². The average molecular weight is 361 g/mol. The van der Waals surface area contributed by atoms with Crippen molar-refractivity contribution >= 4 is 21.7 Å². The summed E-state index contributed by atoms with van der Waals surface area (Å²) in [5, 5.41) is 11.5. The standard InChI is InChI=1S/C17H23N5O2S/c1-3-18-16-7-8-17(20-19-16)21-9-11-22(12-10-21)25(23,24)15-6-4-5-14(2)13-15/h4-8,13H,3,9-12H2,1-2H3,(H,18,19). The van der Waals surface area contributed by atoms with Gasteiger partial charge in [0.2, 0.25) is 10.0 Å². The monoisotopic (exact) mass is 361 g/mol. The molecular formula is C17H23N5O2S. The summed E-state index contributed by atoms with van der Waals surface area (Å²) in [6.45, 7) is 6.76. The quantitative estimate of drug-likeness (QED) is 0.874. The van der Waals surface area contributed by atoms with Gasteiger partial charge in [0.05, 0.1) is 4.90 Å². The number of rotatable bonds is 5. The minimum absolute atomic E-state index is 0.357. The Balaban J connectivity index is 1.67. The third kappa shape index (κ3) is 3.91. The van der Waals surface area contributed by atoms with Crippen molar-refractivity contribution in [2.45, 2.75) is 18.7 Å². The molecule has 1 saturated heterocycles. The number of piperazine rings is 1. The number of nitrogens with one attached hydrogen (secondary N) is 1. The van der Waals surface area contributed by atoms with Gasteiger partial charge in [-0.2, -0.15) is 4.31 Å². The van der Waals surface area contributed by atoms with Gasteiger partial charge in [0.25, 0.3) is 0 Å². The lowest BCUT2D eigenvalue weighted by Gasteiger charge is -2.34. The first-order chi connectivity index (χ1) is 12.0. The molecule has 0 aliphatic carbocycles. The minimum Gasteiger partial charge on any atom is -0.369 e. The van der Waals surface area contributed by atoms with Crippen LogP contribution in [0.4, 0.5) is 11.6 Å². The first-order valence-corrected chi connectivity index (χ1v) is 9.84. The summed E-state index contributed by atoms with van der Waals surface area (Å²) in [7, 11) is -3.44. The Kier molecular flexibility index (Phi) is 5.19. The second-order valence-electron chi connectivity index (χ2n) is 6.01. The molecule has 25 heavy (non-hydrogen) atoms. The molecule has 8 heteroatoms. The zero-order valence-corrected chi connectivity index (χ0v) is 15.3. The normalized spacial score (nSPS) is 16.0. The number of anilines is 2. The molecule has 1 aliphatic rings. The zero-order chi connectivity index (χ0) is 17.9. The molecule has 0 unspecified atom stereocenters. The molecule has 0 bridgehead atoms. The number of hydrogen-bond donors (Lipinski definition) is 1. The second-order valence-corrected chi connectivity index (χ2v) is 7.95. The van der Waals surface area contributed by atoms with Crippen LogP contribution in [-0.4, -0.2) is 55.6 Å². The first kappa shape index (κ1) is 17.6. The van der Waals surface area contributed by atoms with Gasteiger partial charge in [0.1, 0.15) is 5.82 Å². The van der Waals surface area contributed by atoms with Crippen molar-refractivity contribution in [3.63, 3.8) is 0 Å². The smallest absolute Gasteiger partial charge is 0.243 e. The summed E-state index contributed by atoms with van der Waals surface area (Å²) in [6, 6.07) is 10.8. The van der Waals surface area contributed by atoms with Gasteiger partial charge in [0, 0.05) is 32.7 Å². The lowest BCUT2D eigenvalue weighted by atomic mass is 10.2. The van der Waals surface area contributed by atoms with Crippen molar-refractivity contribution < 1.29 is 8.42 Å². The molecule has 1 aromatic heterocycles. The van der Waals surface area contributed by atoms with Gasteiger partial charge in [-0.1, -0.05) is 12.1 Å². The van der Waals surface area contributed by atoms with E-state index in [2.05, 4.69) is 20.4 Å². The van der Waals surface area contributed by atoms with Gasteiger partial charge in [-0.05, 0) is 43.7 Å². The van der Waals surface area contributed by atoms with Crippen LogP contribution in [0.2, 0.25) is 0 Å². The third-order valence-electron chi connectivity index (χ3n) is 4.20. The molecule has 3 rings (SSSR count). The molecule has 1 N–H and O–H groups in total. The second kappa shape index (κ2) is 7.37. The molecule has 0 spiro atoms. The highest BCUT2D eigenvalue weighted by Gasteiger charge is 2.29. The van der Waals surface area contributed by atoms with Crippen molar-refractivity contribution in [2.75, 3.05) is 42.9 Å². The molecule has 2 aromatic rings. The van der Waals surface area contributed by atoms with E-state index in [-0.39, 0.29) is 0 Å². The number of sulfonamides is 1. The molecular weight excluding hydrogens is 338 g/mol. The Morgan fingerprint density at radius 2 is 1.84 bits per heavy atom. The molecule has 0 atom stereocenters. The lowest BCUT2D eigenvalue weighted by Crippen LogP contribution is -2.49. The van der Waals surface area contributed by atoms with Gasteiger partial charge in [-0.15, -0.1) is 10.2 Å². The summed E-state index contributed by atoms with van der Waals surface area (Å²) in [5.74, 6) is 1.51. The Hall–Kier alpha value is -2.19. The van der Waals surface area contributed by atoms with Gasteiger partial charge in [0.15, 0.2) is 5.82 Å². The molecule has 1 aromatic carbocycles. The highest BCUT2D eigenvalue weighted by molar-refractivity contribution is 7.89. The van der Waals surface area contributed by atoms with Crippen LogP contribution in [0.15, 0.2) is 41.3 Å². The Bertz CT molecular complexity index is 815. The Labute approximate surface area is 148 Å². The van der Waals surface area contributed by atoms with E-state index in [0.717, 1.165) is 23.7 Å². The van der Waals surface area contributed by atoms with Crippen molar-refractivity contribution in [2.24, 2.45) is 0 Å². The highest BCUT2D eigenvalue weighted by atomic mass is 32.2. The molecule has 0 amide bonds. The summed E-state index contributed by atoms with van der Waals surface area (Å²) in [6.07, 6.45) is 0. The van der Waals surface area contributed by atoms with E-state index in [1.54, 1.807) is 22.5 Å². The number of nitrogens with zero attached hydrogens (tertiary/aromatic N) is 4. The van der Waals surface area contributed by atoms with Gasteiger partial charge >= 0.3 is 0 Å². The van der Waals surface area contributed by atoms with Crippen LogP contribution in [0, 0.1) is 6.92 Å². The van der Waals surface area contributed by atoms with E-state index in [1.165, 1.54) is 0 Å². The molecule has 0 saturated carbocycles. The van der Waals surface area contributed by atoms with E-state index >= 15 is 0 Å². The lowest BCUT2D eigenvalue weighted by molar-refractivity contribution is 0.383. The number of benzene rings is 1. The first-order valence-electron chi connectivity index (χ1n) is 8.40. The fourth-order valence-corrected chi connectivity index (χ4v) is 4.38. The van der Waals surface area contributed by atoms with E-state index in [9.17, 15) is 8.42 Å². The Morgan fingerprint density at radius 1 is 1.08 bits per heavy atom. The van der Waals surface area contributed by atoms with Crippen molar-refractivity contribution in [1.82, 2.24) is 14.5 Å². The highest BCUT2D eigenvalue weighted by Crippen LogP contribution is 2.20. The molecule has 2 heterocycles. The Morgan fingerprint density at radius 3 is 2.44 bits per heavy atom. The average Bonchev–Trinajstić information content (AvgIpc) is 2.63. The van der Waals surface area contributed by atoms with Gasteiger partial charge in [-0.25, -0.2) is 8.42 Å². The molecule has 0 radical (unpaired) electrons. The number of aryl methyl sites for hydroxylation is 1. The number of hydrogen-bond acceptors (Lipinski definition) is 6. The molecule has 7 nitrogen and oxygen atoms in total. The van der Waals surface area contributed by atoms with Crippen LogP contribution >= 0.6 is 0 Å². The predicted octanol–water partition coefficient (Wildman–Crippen LogP) is 1.73. The van der Waals surface area contributed by atoms with Crippen LogP contribution < -0.4 is 10.2 Å². The topological polar surface area (TPSA) is 78.4 Å². The summed E-state index contributed by atoms with van der Waals surface area (Å²) >= 11 is 0. The summed E-state index contributed by atoms with van der Waals surface area (Å²) in [4.78, 5) is 2.42. The zero-order valence-electron chi connectivity index (χ0n) is 14.5. The molecule has 1 fully saturated rings.